The molecule has 1 amide bonds. The molecule has 166 valence electrons. The lowest BCUT2D eigenvalue weighted by Gasteiger charge is -2.39. The van der Waals surface area contributed by atoms with Gasteiger partial charge in [0.15, 0.2) is 5.96 Å². The Bertz CT molecular complexity index is 667. The fraction of sp³-hybridized carbons (Fsp3) is 0.652. The monoisotopic (exact) mass is 415 g/mol. The summed E-state index contributed by atoms with van der Waals surface area (Å²) in [6, 6.07) is 9.92. The van der Waals surface area contributed by atoms with Crippen molar-refractivity contribution in [3.8, 4) is 5.75 Å². The lowest BCUT2D eigenvalue weighted by Crippen LogP contribution is -2.57. The van der Waals surface area contributed by atoms with Crippen LogP contribution in [0.3, 0.4) is 0 Å². The standard InChI is InChI=1S/C23H37N5O2/c1-20(22(29)27-13-7-8-14-27)26-15-17-28(18-16-26)23(24-2)25-12-6-9-19-30-21-10-4-3-5-11-21/h3-5,10-11,20H,6-9,12-19H2,1-2H3,(H,24,25). The minimum absolute atomic E-state index is 0.0233. The molecule has 0 radical (unpaired) electrons. The molecule has 0 spiro atoms. The summed E-state index contributed by atoms with van der Waals surface area (Å²) in [5.41, 5.74) is 0. The molecular weight excluding hydrogens is 378 g/mol. The van der Waals surface area contributed by atoms with Crippen molar-refractivity contribution in [2.24, 2.45) is 4.99 Å². The number of unbranched alkanes of at least 4 members (excludes halogenated alkanes) is 1. The molecule has 0 bridgehead atoms. The van der Waals surface area contributed by atoms with Gasteiger partial charge in [0, 0.05) is 52.9 Å². The summed E-state index contributed by atoms with van der Waals surface area (Å²) < 4.78 is 5.74. The van der Waals surface area contributed by atoms with Gasteiger partial charge in [-0.1, -0.05) is 18.2 Å². The van der Waals surface area contributed by atoms with Crippen molar-refractivity contribution in [2.45, 2.75) is 38.6 Å². The van der Waals surface area contributed by atoms with Gasteiger partial charge < -0.3 is 19.9 Å². The topological polar surface area (TPSA) is 60.4 Å². The van der Waals surface area contributed by atoms with E-state index in [4.69, 9.17) is 4.74 Å². The van der Waals surface area contributed by atoms with Crippen molar-refractivity contribution in [3.63, 3.8) is 0 Å². The first-order valence-corrected chi connectivity index (χ1v) is 11.4. The molecule has 30 heavy (non-hydrogen) atoms. The van der Waals surface area contributed by atoms with Crippen LogP contribution in [-0.4, -0.2) is 92.1 Å². The van der Waals surface area contributed by atoms with E-state index in [1.807, 2.05) is 42.3 Å². The fourth-order valence-corrected chi connectivity index (χ4v) is 4.15. The van der Waals surface area contributed by atoms with Gasteiger partial charge in [-0.15, -0.1) is 0 Å². The molecule has 2 saturated heterocycles. The van der Waals surface area contributed by atoms with Crippen molar-refractivity contribution in [2.75, 3.05) is 59.5 Å². The lowest BCUT2D eigenvalue weighted by atomic mass is 10.2. The average Bonchev–Trinajstić information content (AvgIpc) is 3.33. The number of nitrogens with zero attached hydrogens (tertiary/aromatic N) is 4. The van der Waals surface area contributed by atoms with E-state index in [0.717, 1.165) is 89.8 Å². The number of aliphatic imine (C=N–C) groups is 1. The fourth-order valence-electron chi connectivity index (χ4n) is 4.15. The quantitative estimate of drug-likeness (QED) is 0.400. The molecule has 0 aliphatic carbocycles. The van der Waals surface area contributed by atoms with Crippen LogP contribution in [0.1, 0.15) is 32.6 Å². The highest BCUT2D eigenvalue weighted by atomic mass is 16.5. The number of para-hydroxylation sites is 1. The zero-order valence-electron chi connectivity index (χ0n) is 18.6. The van der Waals surface area contributed by atoms with Crippen LogP contribution >= 0.6 is 0 Å². The summed E-state index contributed by atoms with van der Waals surface area (Å²) in [4.78, 5) is 23.7. The Balaban J connectivity index is 1.32. The van der Waals surface area contributed by atoms with E-state index >= 15 is 0 Å². The Labute approximate surface area is 181 Å². The van der Waals surface area contributed by atoms with Gasteiger partial charge in [-0.2, -0.15) is 0 Å². The molecular formula is C23H37N5O2. The first kappa shape index (κ1) is 22.4. The van der Waals surface area contributed by atoms with Gasteiger partial charge in [0.25, 0.3) is 0 Å². The van der Waals surface area contributed by atoms with Gasteiger partial charge in [0.1, 0.15) is 5.75 Å². The lowest BCUT2D eigenvalue weighted by molar-refractivity contribution is -0.135. The van der Waals surface area contributed by atoms with Gasteiger partial charge in [0.05, 0.1) is 12.6 Å². The van der Waals surface area contributed by atoms with Crippen molar-refractivity contribution < 1.29 is 9.53 Å². The van der Waals surface area contributed by atoms with Crippen LogP contribution in [0.25, 0.3) is 0 Å². The number of carbonyl (C=O) groups excluding carboxylic acids is 1. The van der Waals surface area contributed by atoms with Crippen LogP contribution in [-0.2, 0) is 4.79 Å². The molecule has 1 aromatic carbocycles. The summed E-state index contributed by atoms with van der Waals surface area (Å²) in [5, 5.41) is 3.48. The van der Waals surface area contributed by atoms with E-state index in [-0.39, 0.29) is 6.04 Å². The Hall–Kier alpha value is -2.28. The molecule has 1 atom stereocenters. The minimum Gasteiger partial charge on any atom is -0.494 e. The number of benzene rings is 1. The highest BCUT2D eigenvalue weighted by molar-refractivity contribution is 5.82. The number of likely N-dealkylation sites (tertiary alicyclic amines) is 1. The average molecular weight is 416 g/mol. The highest BCUT2D eigenvalue weighted by Crippen LogP contribution is 2.14. The van der Waals surface area contributed by atoms with E-state index in [1.165, 1.54) is 0 Å². The van der Waals surface area contributed by atoms with Crippen LogP contribution in [0, 0.1) is 0 Å². The number of nitrogens with one attached hydrogen (secondary N) is 1. The van der Waals surface area contributed by atoms with Gasteiger partial charge in [-0.05, 0) is 44.7 Å². The van der Waals surface area contributed by atoms with E-state index < -0.39 is 0 Å². The molecule has 3 rings (SSSR count). The first-order valence-electron chi connectivity index (χ1n) is 11.4. The maximum Gasteiger partial charge on any atom is 0.239 e. The Kier molecular flexibility index (Phi) is 8.81. The van der Waals surface area contributed by atoms with E-state index in [0.29, 0.717) is 5.91 Å². The maximum atomic E-state index is 12.7. The summed E-state index contributed by atoms with van der Waals surface area (Å²) in [6.45, 7) is 9.11. The van der Waals surface area contributed by atoms with E-state index in [9.17, 15) is 4.79 Å². The van der Waals surface area contributed by atoms with Crippen LogP contribution in [0.5, 0.6) is 5.75 Å². The predicted octanol–water partition coefficient (Wildman–Crippen LogP) is 2.05. The molecule has 2 aliphatic heterocycles. The third-order valence-electron chi connectivity index (χ3n) is 6.01. The minimum atomic E-state index is -0.0233. The zero-order valence-corrected chi connectivity index (χ0v) is 18.6. The van der Waals surface area contributed by atoms with E-state index in [2.05, 4.69) is 27.0 Å². The SMILES string of the molecule is CN=C(NCCCCOc1ccccc1)N1CCN(C(C)C(=O)N2CCCC2)CC1. The van der Waals surface area contributed by atoms with Gasteiger partial charge >= 0.3 is 0 Å². The summed E-state index contributed by atoms with van der Waals surface area (Å²) in [7, 11) is 1.84. The molecule has 2 aliphatic rings. The van der Waals surface area contributed by atoms with Gasteiger partial charge in [-0.25, -0.2) is 0 Å². The second kappa shape index (κ2) is 11.8. The van der Waals surface area contributed by atoms with Crippen molar-refractivity contribution in [1.29, 1.82) is 0 Å². The normalized spacial score (nSPS) is 19.1. The number of carbonyl (C=O) groups is 1. The second-order valence-corrected chi connectivity index (χ2v) is 8.07. The smallest absolute Gasteiger partial charge is 0.239 e. The molecule has 2 fully saturated rings. The van der Waals surface area contributed by atoms with Crippen molar-refractivity contribution in [1.82, 2.24) is 20.0 Å². The molecule has 1 unspecified atom stereocenters. The van der Waals surface area contributed by atoms with Gasteiger partial charge in [0.2, 0.25) is 5.91 Å². The summed E-state index contributed by atoms with van der Waals surface area (Å²) in [6.07, 6.45) is 4.33. The molecule has 0 saturated carbocycles. The summed E-state index contributed by atoms with van der Waals surface area (Å²) >= 11 is 0. The summed E-state index contributed by atoms with van der Waals surface area (Å²) in [5.74, 6) is 2.18. The zero-order chi connectivity index (χ0) is 21.2. The number of rotatable bonds is 8. The van der Waals surface area contributed by atoms with E-state index in [1.54, 1.807) is 0 Å². The first-order chi connectivity index (χ1) is 14.7. The number of amides is 1. The number of hydrogen-bond acceptors (Lipinski definition) is 4. The predicted molar refractivity (Wildman–Crippen MR) is 121 cm³/mol. The molecule has 7 heteroatoms. The number of guanidine groups is 1. The molecule has 0 aromatic heterocycles. The largest absolute Gasteiger partial charge is 0.494 e. The third kappa shape index (κ3) is 6.36. The molecule has 1 N–H and O–H groups in total. The maximum absolute atomic E-state index is 12.7. The Morgan fingerprint density at radius 2 is 1.73 bits per heavy atom. The van der Waals surface area contributed by atoms with Crippen LogP contribution in [0.4, 0.5) is 0 Å². The number of piperazine rings is 1. The van der Waals surface area contributed by atoms with Crippen LogP contribution < -0.4 is 10.1 Å². The van der Waals surface area contributed by atoms with Gasteiger partial charge in [-0.3, -0.25) is 14.7 Å². The highest BCUT2D eigenvalue weighted by Gasteiger charge is 2.30. The molecule has 7 nitrogen and oxygen atoms in total. The van der Waals surface area contributed by atoms with Crippen LogP contribution in [0.2, 0.25) is 0 Å². The van der Waals surface area contributed by atoms with Crippen LogP contribution in [0.15, 0.2) is 35.3 Å². The second-order valence-electron chi connectivity index (χ2n) is 8.07. The van der Waals surface area contributed by atoms with Crippen molar-refractivity contribution >= 4 is 11.9 Å². The molecule has 2 heterocycles. The third-order valence-corrected chi connectivity index (χ3v) is 6.01. The number of hydrogen-bond donors (Lipinski definition) is 1. The number of ether oxygens (including phenoxy) is 1. The molecule has 1 aromatic rings. The van der Waals surface area contributed by atoms with Crippen molar-refractivity contribution in [3.05, 3.63) is 30.3 Å². The Morgan fingerprint density at radius 1 is 1.03 bits per heavy atom. The Morgan fingerprint density at radius 3 is 2.40 bits per heavy atom.